The van der Waals surface area contributed by atoms with Gasteiger partial charge in [0.2, 0.25) is 0 Å². The first-order valence-corrected chi connectivity index (χ1v) is 19.7. The largest absolute Gasteiger partial charge is 0.506 e. The second-order valence-electron chi connectivity index (χ2n) is 12.5. The number of azo groups is 3. The summed E-state index contributed by atoms with van der Waals surface area (Å²) < 4.78 is 69.7. The number of carboxylic acid groups (broad SMARTS) is 1. The summed E-state index contributed by atoms with van der Waals surface area (Å²) >= 11 is 0. The fourth-order valence-corrected chi connectivity index (χ4v) is 7.03. The predicted octanol–water partition coefficient (Wildman–Crippen LogP) is 8.61. The molecular formula is C37H28N10O10S2. The van der Waals surface area contributed by atoms with Crippen molar-refractivity contribution in [3.63, 3.8) is 0 Å². The Morgan fingerprint density at radius 1 is 0.712 bits per heavy atom. The number of carboxylic acids is 1. The average molecular weight is 837 g/mol. The number of aromatic amines is 1. The quantitative estimate of drug-likeness (QED) is 0.0325. The van der Waals surface area contributed by atoms with E-state index in [0.717, 1.165) is 12.1 Å². The van der Waals surface area contributed by atoms with Gasteiger partial charge in [0.1, 0.15) is 45.0 Å². The van der Waals surface area contributed by atoms with Gasteiger partial charge < -0.3 is 31.4 Å². The molecule has 0 atom stereocenters. The summed E-state index contributed by atoms with van der Waals surface area (Å²) in [6, 6.07) is 25.5. The van der Waals surface area contributed by atoms with Crippen LogP contribution < -0.4 is 11.1 Å². The number of nitrogens with one attached hydrogen (secondary N) is 2. The number of hydrogen-bond donors (Lipinski definition) is 8. The van der Waals surface area contributed by atoms with Gasteiger partial charge in [-0.2, -0.15) is 32.2 Å². The van der Waals surface area contributed by atoms with Crippen molar-refractivity contribution in [1.82, 2.24) is 9.97 Å². The maximum absolute atomic E-state index is 12.5. The molecule has 0 aliphatic rings. The lowest BCUT2D eigenvalue weighted by Crippen LogP contribution is -2.11. The number of fused-ring (bicyclic) bond motifs is 2. The van der Waals surface area contributed by atoms with Crippen molar-refractivity contribution in [2.24, 2.45) is 30.7 Å². The maximum atomic E-state index is 12.5. The third-order valence-corrected chi connectivity index (χ3v) is 10.2. The molecule has 0 fully saturated rings. The van der Waals surface area contributed by atoms with Gasteiger partial charge in [-0.05, 0) is 84.2 Å². The van der Waals surface area contributed by atoms with E-state index in [1.807, 2.05) is 0 Å². The molecule has 0 saturated carbocycles. The Kier molecular flexibility index (Phi) is 10.5. The van der Waals surface area contributed by atoms with Crippen LogP contribution in [-0.2, 0) is 25.0 Å². The Morgan fingerprint density at radius 3 is 1.97 bits per heavy atom. The summed E-state index contributed by atoms with van der Waals surface area (Å²) in [5.74, 6) is -1.68. The van der Waals surface area contributed by atoms with Crippen LogP contribution in [0, 0.1) is 0 Å². The number of rotatable bonds is 12. The third kappa shape index (κ3) is 8.69. The fourth-order valence-electron chi connectivity index (χ4n) is 5.70. The molecule has 0 radical (unpaired) electrons. The summed E-state index contributed by atoms with van der Waals surface area (Å²) in [5, 5.41) is 56.4. The van der Waals surface area contributed by atoms with Crippen LogP contribution >= 0.6 is 0 Å². The van der Waals surface area contributed by atoms with Crippen molar-refractivity contribution in [2.75, 3.05) is 17.6 Å². The van der Waals surface area contributed by atoms with Crippen molar-refractivity contribution in [2.45, 2.75) is 9.79 Å². The number of carbonyl (C=O) groups is 1. The second kappa shape index (κ2) is 15.7. The Labute approximate surface area is 332 Å². The van der Waals surface area contributed by atoms with Gasteiger partial charge >= 0.3 is 5.97 Å². The maximum Gasteiger partial charge on any atom is 0.322 e. The molecule has 298 valence electrons. The molecule has 0 saturated heterocycles. The van der Waals surface area contributed by atoms with Gasteiger partial charge in [0.15, 0.2) is 5.75 Å². The van der Waals surface area contributed by atoms with Gasteiger partial charge in [0, 0.05) is 17.3 Å². The lowest BCUT2D eigenvalue weighted by atomic mass is 10.1. The zero-order chi connectivity index (χ0) is 42.1. The van der Waals surface area contributed by atoms with Crippen molar-refractivity contribution in [1.29, 1.82) is 0 Å². The number of aromatic nitrogens is 2. The molecule has 6 aromatic carbocycles. The topological polar surface area (TPSA) is 327 Å². The molecule has 0 aliphatic carbocycles. The number of nitrogens with zero attached hydrogens (tertiary/aromatic N) is 7. The van der Waals surface area contributed by atoms with Crippen molar-refractivity contribution in [3.8, 4) is 22.9 Å². The lowest BCUT2D eigenvalue weighted by molar-refractivity contribution is -0.134. The van der Waals surface area contributed by atoms with E-state index >= 15 is 0 Å². The number of hydrogen-bond acceptors (Lipinski definition) is 16. The monoisotopic (exact) mass is 836 g/mol. The molecule has 7 aromatic rings. The molecule has 0 bridgehead atoms. The number of phenolic OH excluding ortho intramolecular Hbond substituents is 2. The predicted molar refractivity (Wildman–Crippen MR) is 214 cm³/mol. The van der Waals surface area contributed by atoms with E-state index in [-0.39, 0.29) is 40.1 Å². The fraction of sp³-hybridized carbons (Fsp3) is 0.0270. The van der Waals surface area contributed by atoms with Crippen LogP contribution in [0.4, 0.5) is 45.5 Å². The van der Waals surface area contributed by atoms with Crippen LogP contribution in [0.1, 0.15) is 0 Å². The zero-order valence-electron chi connectivity index (χ0n) is 29.8. The number of anilines is 2. The Hall–Kier alpha value is -7.66. The van der Waals surface area contributed by atoms with Crippen molar-refractivity contribution in [3.05, 3.63) is 103 Å². The number of nitrogens with two attached hydrogens (primary N) is 1. The summed E-state index contributed by atoms with van der Waals surface area (Å²) in [4.78, 5) is 16.8. The number of benzene rings is 6. The minimum absolute atomic E-state index is 0.159. The molecule has 0 spiro atoms. The van der Waals surface area contributed by atoms with Gasteiger partial charge in [-0.15, -0.1) is 15.3 Å². The molecule has 1 heterocycles. The molecule has 0 aliphatic heterocycles. The Bertz CT molecular complexity index is 3120. The van der Waals surface area contributed by atoms with E-state index in [9.17, 15) is 40.9 Å². The molecule has 22 heteroatoms. The smallest absolute Gasteiger partial charge is 0.322 e. The zero-order valence-corrected chi connectivity index (χ0v) is 31.5. The van der Waals surface area contributed by atoms with E-state index in [4.69, 9.17) is 10.8 Å². The molecule has 9 N–H and O–H groups in total. The number of aliphatic carboxylic acids is 1. The minimum atomic E-state index is -5.08. The minimum Gasteiger partial charge on any atom is -0.506 e. The standard InChI is InChI=1S/C37H28N10O10S2/c38-33-32-20(15-30(59(55,56)57)35(36(32)51)47-42-21-4-2-1-3-5-21)14-29(58(52,53)54)34(33)46-43-22-8-6-19(7-9-22)37-40-25-12-11-24(16-27(25)41-37)44-45-26-13-10-23(17-28(26)48)39-18-31(49)50/h1-17,39,48,51H,18,38H2,(H,40,41)(H,49,50)(H,52,53,54)(H,55,56,57). The number of imidazole rings is 1. The number of H-pyrrole nitrogens is 1. The van der Waals surface area contributed by atoms with E-state index in [0.29, 0.717) is 33.8 Å². The number of aromatic hydroxyl groups is 2. The van der Waals surface area contributed by atoms with E-state index in [1.54, 1.807) is 66.7 Å². The van der Waals surface area contributed by atoms with E-state index in [1.165, 1.54) is 24.3 Å². The van der Waals surface area contributed by atoms with Crippen LogP contribution in [0.25, 0.3) is 33.2 Å². The molecule has 0 amide bonds. The molecular weight excluding hydrogens is 809 g/mol. The van der Waals surface area contributed by atoms with Crippen LogP contribution in [-0.4, -0.2) is 63.7 Å². The highest BCUT2D eigenvalue weighted by atomic mass is 32.2. The van der Waals surface area contributed by atoms with Crippen LogP contribution in [0.15, 0.2) is 144 Å². The summed E-state index contributed by atoms with van der Waals surface area (Å²) in [5.41, 5.74) is 7.79. The molecule has 20 nitrogen and oxygen atoms in total. The first kappa shape index (κ1) is 39.6. The first-order valence-electron chi connectivity index (χ1n) is 16.8. The normalized spacial score (nSPS) is 12.4. The van der Waals surface area contributed by atoms with Crippen LogP contribution in [0.3, 0.4) is 0 Å². The lowest BCUT2D eigenvalue weighted by Gasteiger charge is -2.14. The highest BCUT2D eigenvalue weighted by Crippen LogP contribution is 2.48. The van der Waals surface area contributed by atoms with Crippen LogP contribution in [0.5, 0.6) is 11.5 Å². The average Bonchev–Trinajstić information content (AvgIpc) is 3.62. The third-order valence-electron chi connectivity index (χ3n) is 8.46. The molecule has 7 rings (SSSR count). The number of phenols is 2. The van der Waals surface area contributed by atoms with E-state index < -0.39 is 58.8 Å². The van der Waals surface area contributed by atoms with Crippen LogP contribution in [0.2, 0.25) is 0 Å². The highest BCUT2D eigenvalue weighted by molar-refractivity contribution is 7.86. The summed E-state index contributed by atoms with van der Waals surface area (Å²) in [7, 11) is -10.1. The van der Waals surface area contributed by atoms with Crippen molar-refractivity contribution < 1.29 is 46.1 Å². The highest BCUT2D eigenvalue weighted by Gasteiger charge is 2.28. The first-order chi connectivity index (χ1) is 28.0. The summed E-state index contributed by atoms with van der Waals surface area (Å²) in [6.45, 7) is -0.323. The second-order valence-corrected chi connectivity index (χ2v) is 15.3. The molecule has 1 aromatic heterocycles. The van der Waals surface area contributed by atoms with Gasteiger partial charge in [-0.3, -0.25) is 13.9 Å². The number of nitrogen functional groups attached to an aromatic ring is 1. The van der Waals surface area contributed by atoms with E-state index in [2.05, 4.69) is 46.0 Å². The summed E-state index contributed by atoms with van der Waals surface area (Å²) in [6.07, 6.45) is 0. The Balaban J connectivity index is 1.17. The van der Waals surface area contributed by atoms with Gasteiger partial charge in [0.25, 0.3) is 20.2 Å². The molecule has 59 heavy (non-hydrogen) atoms. The van der Waals surface area contributed by atoms with Crippen molar-refractivity contribution >= 4 is 93.5 Å². The SMILES string of the molecule is Nc1c(N=Nc2ccc(-c3nc4cc(N=Nc5ccc(NCC(=O)O)cc5O)ccc4[nH]3)cc2)c(S(=O)(=O)O)cc2cc(S(=O)(=O)O)c(N=Nc3ccccc3)c(O)c12. The molecule has 0 unspecified atom stereocenters. The Morgan fingerprint density at radius 2 is 1.32 bits per heavy atom. The van der Waals surface area contributed by atoms with Gasteiger partial charge in [-0.1, -0.05) is 18.2 Å². The van der Waals surface area contributed by atoms with Gasteiger partial charge in [-0.25, -0.2) is 4.98 Å². The van der Waals surface area contributed by atoms with Gasteiger partial charge in [0.05, 0.1) is 39.2 Å².